The Morgan fingerprint density at radius 1 is 1.53 bits per heavy atom. The topological polar surface area (TPSA) is 64.8 Å². The molecule has 1 aliphatic rings. The first-order valence-electron chi connectivity index (χ1n) is 6.03. The molecule has 1 aromatic heterocycles. The van der Waals surface area contributed by atoms with Crippen LogP contribution in [0.4, 0.5) is 5.82 Å². The van der Waals surface area contributed by atoms with Gasteiger partial charge in [-0.3, -0.25) is 4.90 Å². The smallest absolute Gasteiger partial charge is 0.158 e. The lowest BCUT2D eigenvalue weighted by Gasteiger charge is -2.22. The van der Waals surface area contributed by atoms with Gasteiger partial charge in [-0.25, -0.2) is 9.97 Å². The molecule has 90 valence electrons. The molecule has 1 N–H and O–H groups in total. The standard InChI is InChI=1S/C12H17N5/c1-2-17-5-3-4-11(17)8-16-12-9-14-10(6-13)7-15-12/h7,9,11H,2-5,8H2,1H3,(H,15,16). The molecule has 1 aromatic rings. The third-order valence-electron chi connectivity index (χ3n) is 3.19. The molecule has 0 aliphatic carbocycles. The third-order valence-corrected chi connectivity index (χ3v) is 3.19. The number of likely N-dealkylation sites (tertiary alicyclic amines) is 1. The van der Waals surface area contributed by atoms with E-state index in [0.717, 1.165) is 18.9 Å². The van der Waals surface area contributed by atoms with Crippen molar-refractivity contribution in [1.29, 1.82) is 5.26 Å². The minimum atomic E-state index is 0.353. The van der Waals surface area contributed by atoms with Crippen molar-refractivity contribution in [3.05, 3.63) is 18.1 Å². The molecule has 0 bridgehead atoms. The normalized spacial score (nSPS) is 20.1. The number of nitriles is 1. The highest BCUT2D eigenvalue weighted by Crippen LogP contribution is 2.16. The second-order valence-corrected chi connectivity index (χ2v) is 4.20. The molecule has 5 nitrogen and oxygen atoms in total. The number of aromatic nitrogens is 2. The average Bonchev–Trinajstić information content (AvgIpc) is 2.84. The Kier molecular flexibility index (Phi) is 3.89. The van der Waals surface area contributed by atoms with Crippen LogP contribution in [0, 0.1) is 11.3 Å². The first-order valence-corrected chi connectivity index (χ1v) is 6.03. The van der Waals surface area contributed by atoms with Crippen LogP contribution >= 0.6 is 0 Å². The first kappa shape index (κ1) is 11.8. The van der Waals surface area contributed by atoms with Gasteiger partial charge in [0.2, 0.25) is 0 Å². The SMILES string of the molecule is CCN1CCCC1CNc1cnc(C#N)cn1. The van der Waals surface area contributed by atoms with E-state index in [1.54, 1.807) is 6.20 Å². The van der Waals surface area contributed by atoms with E-state index in [9.17, 15) is 0 Å². The van der Waals surface area contributed by atoms with E-state index < -0.39 is 0 Å². The van der Waals surface area contributed by atoms with Crippen LogP contribution in [0.2, 0.25) is 0 Å². The lowest BCUT2D eigenvalue weighted by Crippen LogP contribution is -2.34. The van der Waals surface area contributed by atoms with Crippen molar-refractivity contribution in [3.8, 4) is 6.07 Å². The number of hydrogen-bond donors (Lipinski definition) is 1. The quantitative estimate of drug-likeness (QED) is 0.844. The van der Waals surface area contributed by atoms with Crippen LogP contribution in [-0.4, -0.2) is 40.5 Å². The lowest BCUT2D eigenvalue weighted by molar-refractivity contribution is 0.277. The number of nitrogens with zero attached hydrogens (tertiary/aromatic N) is 4. The predicted molar refractivity (Wildman–Crippen MR) is 65.5 cm³/mol. The van der Waals surface area contributed by atoms with E-state index in [-0.39, 0.29) is 0 Å². The second kappa shape index (κ2) is 5.60. The van der Waals surface area contributed by atoms with Crippen LogP contribution in [-0.2, 0) is 0 Å². The third kappa shape index (κ3) is 2.92. The molecule has 0 saturated carbocycles. The van der Waals surface area contributed by atoms with Gasteiger partial charge in [-0.05, 0) is 25.9 Å². The summed E-state index contributed by atoms with van der Waals surface area (Å²) in [4.78, 5) is 10.6. The summed E-state index contributed by atoms with van der Waals surface area (Å²) in [6, 6.07) is 2.55. The van der Waals surface area contributed by atoms with Crippen molar-refractivity contribution in [3.63, 3.8) is 0 Å². The Balaban J connectivity index is 1.87. The fourth-order valence-corrected chi connectivity index (χ4v) is 2.24. The molecule has 1 saturated heterocycles. The molecular weight excluding hydrogens is 214 g/mol. The molecule has 0 amide bonds. The van der Waals surface area contributed by atoms with Gasteiger partial charge in [0.15, 0.2) is 5.69 Å². The molecule has 1 unspecified atom stereocenters. The maximum Gasteiger partial charge on any atom is 0.158 e. The van der Waals surface area contributed by atoms with E-state index in [4.69, 9.17) is 5.26 Å². The highest BCUT2D eigenvalue weighted by Gasteiger charge is 2.22. The maximum atomic E-state index is 8.62. The Morgan fingerprint density at radius 3 is 3.06 bits per heavy atom. The second-order valence-electron chi connectivity index (χ2n) is 4.20. The molecule has 0 aromatic carbocycles. The molecule has 1 atom stereocenters. The molecule has 2 rings (SSSR count). The van der Waals surface area contributed by atoms with Crippen molar-refractivity contribution in [2.24, 2.45) is 0 Å². The van der Waals surface area contributed by atoms with Crippen molar-refractivity contribution in [2.45, 2.75) is 25.8 Å². The summed E-state index contributed by atoms with van der Waals surface area (Å²) in [5, 5.41) is 11.9. The van der Waals surface area contributed by atoms with E-state index in [1.165, 1.54) is 25.6 Å². The van der Waals surface area contributed by atoms with Crippen LogP contribution in [0.1, 0.15) is 25.5 Å². The molecular formula is C12H17N5. The van der Waals surface area contributed by atoms with Crippen molar-refractivity contribution < 1.29 is 0 Å². The fourth-order valence-electron chi connectivity index (χ4n) is 2.24. The zero-order valence-corrected chi connectivity index (χ0v) is 10.1. The summed E-state index contributed by atoms with van der Waals surface area (Å²) in [5.41, 5.74) is 0.353. The van der Waals surface area contributed by atoms with Crippen LogP contribution in [0.25, 0.3) is 0 Å². The molecule has 5 heteroatoms. The van der Waals surface area contributed by atoms with Gasteiger partial charge in [-0.15, -0.1) is 0 Å². The number of likely N-dealkylation sites (N-methyl/N-ethyl adjacent to an activating group) is 1. The zero-order valence-electron chi connectivity index (χ0n) is 10.1. The van der Waals surface area contributed by atoms with Crippen molar-refractivity contribution >= 4 is 5.82 Å². The monoisotopic (exact) mass is 231 g/mol. The van der Waals surface area contributed by atoms with Gasteiger partial charge in [-0.1, -0.05) is 6.92 Å². The van der Waals surface area contributed by atoms with E-state index in [1.807, 2.05) is 6.07 Å². The molecule has 0 spiro atoms. The van der Waals surface area contributed by atoms with Crippen LogP contribution < -0.4 is 5.32 Å². The summed E-state index contributed by atoms with van der Waals surface area (Å²) in [5.74, 6) is 0.743. The number of hydrogen-bond acceptors (Lipinski definition) is 5. The van der Waals surface area contributed by atoms with Crippen LogP contribution in [0.3, 0.4) is 0 Å². The summed E-state index contributed by atoms with van der Waals surface area (Å²) < 4.78 is 0. The highest BCUT2D eigenvalue weighted by molar-refractivity contribution is 5.33. The van der Waals surface area contributed by atoms with Crippen LogP contribution in [0.15, 0.2) is 12.4 Å². The van der Waals surface area contributed by atoms with Crippen molar-refractivity contribution in [1.82, 2.24) is 14.9 Å². The molecule has 1 aliphatic heterocycles. The maximum absolute atomic E-state index is 8.62. The average molecular weight is 231 g/mol. The Morgan fingerprint density at radius 2 is 2.41 bits per heavy atom. The van der Waals surface area contributed by atoms with Gasteiger partial charge < -0.3 is 5.32 Å². The van der Waals surface area contributed by atoms with Crippen LogP contribution in [0.5, 0.6) is 0 Å². The van der Waals surface area contributed by atoms with E-state index in [0.29, 0.717) is 11.7 Å². The van der Waals surface area contributed by atoms with Gasteiger partial charge >= 0.3 is 0 Å². The minimum Gasteiger partial charge on any atom is -0.367 e. The van der Waals surface area contributed by atoms with E-state index in [2.05, 4.69) is 27.1 Å². The number of rotatable bonds is 4. The summed E-state index contributed by atoms with van der Waals surface area (Å²) in [6.07, 6.45) is 5.63. The fraction of sp³-hybridized carbons (Fsp3) is 0.583. The summed E-state index contributed by atoms with van der Waals surface area (Å²) in [6.45, 7) is 5.39. The molecule has 17 heavy (non-hydrogen) atoms. The molecule has 1 fully saturated rings. The number of anilines is 1. The van der Waals surface area contributed by atoms with Gasteiger partial charge in [0.1, 0.15) is 11.9 Å². The zero-order chi connectivity index (χ0) is 12.1. The largest absolute Gasteiger partial charge is 0.367 e. The Labute approximate surface area is 101 Å². The van der Waals surface area contributed by atoms with Gasteiger partial charge in [0, 0.05) is 12.6 Å². The highest BCUT2D eigenvalue weighted by atomic mass is 15.2. The molecule has 0 radical (unpaired) electrons. The Bertz CT molecular complexity index is 394. The summed E-state index contributed by atoms with van der Waals surface area (Å²) >= 11 is 0. The minimum absolute atomic E-state index is 0.353. The number of nitrogens with one attached hydrogen (secondary N) is 1. The Hall–Kier alpha value is -1.67. The van der Waals surface area contributed by atoms with Gasteiger partial charge in [0.05, 0.1) is 12.4 Å². The van der Waals surface area contributed by atoms with Gasteiger partial charge in [0.25, 0.3) is 0 Å². The molecule has 2 heterocycles. The predicted octanol–water partition coefficient (Wildman–Crippen LogP) is 1.24. The van der Waals surface area contributed by atoms with E-state index >= 15 is 0 Å². The van der Waals surface area contributed by atoms with Gasteiger partial charge in [-0.2, -0.15) is 5.26 Å². The summed E-state index contributed by atoms with van der Waals surface area (Å²) in [7, 11) is 0. The first-order chi connectivity index (χ1) is 8.33. The van der Waals surface area contributed by atoms with Crippen molar-refractivity contribution in [2.75, 3.05) is 25.0 Å². The lowest BCUT2D eigenvalue weighted by atomic mass is 10.2.